The standard InChI is InChI=1S/C17H17NO5S/c1-22-14-8-9-15(16(12-14)23-2)17(19)18-24(20,21)11-10-13-6-4-3-5-7-13/h3-12H,1-2H3,(H,18,19)/b11-10-. The smallest absolute Gasteiger partial charge is 0.268 e. The second-order valence-electron chi connectivity index (χ2n) is 4.76. The predicted octanol–water partition coefficient (Wildman–Crippen LogP) is 2.43. The van der Waals surface area contributed by atoms with E-state index in [4.69, 9.17) is 9.47 Å². The van der Waals surface area contributed by atoms with Crippen molar-refractivity contribution in [2.24, 2.45) is 0 Å². The maximum Gasteiger partial charge on any atom is 0.268 e. The van der Waals surface area contributed by atoms with E-state index in [1.807, 2.05) is 10.8 Å². The third-order valence-corrected chi connectivity index (χ3v) is 4.09. The Balaban J connectivity index is 2.18. The summed E-state index contributed by atoms with van der Waals surface area (Å²) in [5.74, 6) is -0.0727. The molecule has 0 saturated heterocycles. The highest BCUT2D eigenvalue weighted by atomic mass is 32.2. The van der Waals surface area contributed by atoms with Crippen LogP contribution in [0.2, 0.25) is 0 Å². The van der Waals surface area contributed by atoms with E-state index < -0.39 is 15.9 Å². The number of rotatable bonds is 6. The number of methoxy groups -OCH3 is 2. The second-order valence-corrected chi connectivity index (χ2v) is 6.32. The van der Waals surface area contributed by atoms with Gasteiger partial charge >= 0.3 is 0 Å². The molecule has 0 aliphatic rings. The number of amides is 1. The van der Waals surface area contributed by atoms with Gasteiger partial charge in [-0.3, -0.25) is 4.79 Å². The van der Waals surface area contributed by atoms with Crippen molar-refractivity contribution in [3.8, 4) is 11.5 Å². The molecule has 1 N–H and O–H groups in total. The lowest BCUT2D eigenvalue weighted by Crippen LogP contribution is -2.29. The molecule has 0 unspecified atom stereocenters. The van der Waals surface area contributed by atoms with E-state index >= 15 is 0 Å². The number of ether oxygens (including phenoxy) is 2. The van der Waals surface area contributed by atoms with Gasteiger partial charge in [-0.1, -0.05) is 30.3 Å². The largest absolute Gasteiger partial charge is 0.497 e. The molecule has 0 bridgehead atoms. The number of hydrogen-bond acceptors (Lipinski definition) is 5. The molecule has 7 heteroatoms. The highest BCUT2D eigenvalue weighted by Gasteiger charge is 2.17. The minimum Gasteiger partial charge on any atom is -0.497 e. The van der Waals surface area contributed by atoms with Crippen LogP contribution in [0.5, 0.6) is 11.5 Å². The minimum atomic E-state index is -3.93. The fourth-order valence-corrected chi connectivity index (χ4v) is 2.71. The van der Waals surface area contributed by atoms with Gasteiger partial charge in [-0.2, -0.15) is 0 Å². The fraction of sp³-hybridized carbons (Fsp3) is 0.118. The molecule has 0 radical (unpaired) electrons. The first kappa shape index (κ1) is 17.6. The lowest BCUT2D eigenvalue weighted by atomic mass is 10.2. The second kappa shape index (κ2) is 7.65. The molecule has 0 fully saturated rings. The van der Waals surface area contributed by atoms with Gasteiger partial charge in [-0.15, -0.1) is 0 Å². The first-order chi connectivity index (χ1) is 11.4. The van der Waals surface area contributed by atoms with Crippen LogP contribution in [0.1, 0.15) is 15.9 Å². The number of nitrogens with one attached hydrogen (secondary N) is 1. The van der Waals surface area contributed by atoms with Crippen LogP contribution in [0.25, 0.3) is 6.08 Å². The van der Waals surface area contributed by atoms with Crippen molar-refractivity contribution in [3.63, 3.8) is 0 Å². The average Bonchev–Trinajstić information content (AvgIpc) is 2.60. The number of sulfonamides is 1. The summed E-state index contributed by atoms with van der Waals surface area (Å²) in [6.45, 7) is 0. The van der Waals surface area contributed by atoms with Crippen molar-refractivity contribution in [2.45, 2.75) is 0 Å². The van der Waals surface area contributed by atoms with Crippen LogP contribution in [0.15, 0.2) is 53.9 Å². The van der Waals surface area contributed by atoms with Gasteiger partial charge in [-0.25, -0.2) is 13.1 Å². The highest BCUT2D eigenvalue weighted by molar-refractivity contribution is 7.93. The van der Waals surface area contributed by atoms with Crippen molar-refractivity contribution in [1.29, 1.82) is 0 Å². The summed E-state index contributed by atoms with van der Waals surface area (Å²) in [4.78, 5) is 12.2. The Labute approximate surface area is 140 Å². The predicted molar refractivity (Wildman–Crippen MR) is 91.4 cm³/mol. The molecule has 0 heterocycles. The van der Waals surface area contributed by atoms with Crippen LogP contribution in [0, 0.1) is 0 Å². The van der Waals surface area contributed by atoms with Crippen LogP contribution in [0.4, 0.5) is 0 Å². The molecule has 2 rings (SSSR count). The molecule has 0 aliphatic heterocycles. The summed E-state index contributed by atoms with van der Waals surface area (Å²) >= 11 is 0. The lowest BCUT2D eigenvalue weighted by molar-refractivity contribution is 0.0979. The van der Waals surface area contributed by atoms with E-state index in [0.717, 1.165) is 5.41 Å². The average molecular weight is 347 g/mol. The van der Waals surface area contributed by atoms with E-state index in [1.165, 1.54) is 32.4 Å². The van der Waals surface area contributed by atoms with Crippen LogP contribution in [0.3, 0.4) is 0 Å². The van der Waals surface area contributed by atoms with Gasteiger partial charge in [0.05, 0.1) is 25.2 Å². The van der Waals surface area contributed by atoms with Crippen LogP contribution >= 0.6 is 0 Å². The quantitative estimate of drug-likeness (QED) is 0.868. The monoisotopic (exact) mass is 347 g/mol. The van der Waals surface area contributed by atoms with Crippen molar-refractivity contribution in [2.75, 3.05) is 14.2 Å². The number of benzene rings is 2. The zero-order valence-electron chi connectivity index (χ0n) is 13.2. The summed E-state index contributed by atoms with van der Waals surface area (Å²) in [6.07, 6.45) is 1.40. The third kappa shape index (κ3) is 4.60. The minimum absolute atomic E-state index is 0.0926. The first-order valence-electron chi connectivity index (χ1n) is 6.97. The Morgan fingerprint density at radius 1 is 1.04 bits per heavy atom. The molecule has 0 aliphatic carbocycles. The molecule has 24 heavy (non-hydrogen) atoms. The summed E-state index contributed by atoms with van der Waals surface area (Å²) in [7, 11) is -1.07. The Morgan fingerprint density at radius 2 is 1.75 bits per heavy atom. The van der Waals surface area contributed by atoms with Gasteiger partial charge in [0.2, 0.25) is 0 Å². The number of carbonyl (C=O) groups excluding carboxylic acids is 1. The first-order valence-corrected chi connectivity index (χ1v) is 8.52. The van der Waals surface area contributed by atoms with Gasteiger partial charge in [0.25, 0.3) is 15.9 Å². The molecule has 2 aromatic rings. The fourth-order valence-electron chi connectivity index (χ4n) is 1.94. The van der Waals surface area contributed by atoms with E-state index in [1.54, 1.807) is 30.3 Å². The summed E-state index contributed by atoms with van der Waals surface area (Å²) in [5, 5.41) is 0.941. The molecule has 0 spiro atoms. The molecule has 0 atom stereocenters. The van der Waals surface area contributed by atoms with Crippen LogP contribution in [-0.2, 0) is 10.0 Å². The zero-order chi connectivity index (χ0) is 17.6. The molecule has 126 valence electrons. The topological polar surface area (TPSA) is 81.7 Å². The molecule has 0 saturated carbocycles. The molecule has 1 amide bonds. The van der Waals surface area contributed by atoms with Gasteiger partial charge < -0.3 is 9.47 Å². The van der Waals surface area contributed by atoms with Crippen molar-refractivity contribution in [1.82, 2.24) is 4.72 Å². The Kier molecular flexibility index (Phi) is 5.59. The number of carbonyl (C=O) groups is 1. The van der Waals surface area contributed by atoms with E-state index in [2.05, 4.69) is 0 Å². The van der Waals surface area contributed by atoms with Gasteiger partial charge in [0.1, 0.15) is 11.5 Å². The van der Waals surface area contributed by atoms with E-state index in [-0.39, 0.29) is 11.3 Å². The van der Waals surface area contributed by atoms with Crippen molar-refractivity contribution < 1.29 is 22.7 Å². The van der Waals surface area contributed by atoms with Crippen molar-refractivity contribution >= 4 is 22.0 Å². The maximum absolute atomic E-state index is 12.2. The molecular formula is C17H17NO5S. The SMILES string of the molecule is COc1ccc(C(=O)NS(=O)(=O)/C=C\c2ccccc2)c(OC)c1. The normalized spacial score (nSPS) is 11.2. The Hall–Kier alpha value is -2.80. The van der Waals surface area contributed by atoms with Crippen LogP contribution < -0.4 is 14.2 Å². The van der Waals surface area contributed by atoms with Crippen LogP contribution in [-0.4, -0.2) is 28.5 Å². The third-order valence-electron chi connectivity index (χ3n) is 3.13. The summed E-state index contributed by atoms with van der Waals surface area (Å²) in [5.41, 5.74) is 0.798. The van der Waals surface area contributed by atoms with Gasteiger partial charge in [-0.05, 0) is 23.8 Å². The zero-order valence-corrected chi connectivity index (χ0v) is 14.0. The van der Waals surface area contributed by atoms with Gasteiger partial charge in [0.15, 0.2) is 0 Å². The lowest BCUT2D eigenvalue weighted by Gasteiger charge is -2.10. The Morgan fingerprint density at radius 3 is 2.38 bits per heavy atom. The molecular weight excluding hydrogens is 330 g/mol. The van der Waals surface area contributed by atoms with E-state index in [0.29, 0.717) is 11.3 Å². The molecule has 2 aromatic carbocycles. The highest BCUT2D eigenvalue weighted by Crippen LogP contribution is 2.24. The molecule has 6 nitrogen and oxygen atoms in total. The summed E-state index contributed by atoms with van der Waals surface area (Å²) in [6, 6.07) is 13.4. The van der Waals surface area contributed by atoms with Gasteiger partial charge in [0, 0.05) is 6.07 Å². The van der Waals surface area contributed by atoms with E-state index in [9.17, 15) is 13.2 Å². The summed E-state index contributed by atoms with van der Waals surface area (Å²) < 4.78 is 36.2. The van der Waals surface area contributed by atoms with Crippen molar-refractivity contribution in [3.05, 3.63) is 65.1 Å². The Bertz CT molecular complexity index is 845. The number of hydrogen-bond donors (Lipinski definition) is 1. The maximum atomic E-state index is 12.2. The molecule has 0 aromatic heterocycles.